The van der Waals surface area contributed by atoms with E-state index in [0.29, 0.717) is 23.6 Å². The summed E-state index contributed by atoms with van der Waals surface area (Å²) in [6, 6.07) is 8.61. The molecular formula is C18H21N5OS2. The first-order valence-electron chi connectivity index (χ1n) is 8.88. The number of thioether (sulfide) groups is 1. The number of rotatable bonds is 6. The van der Waals surface area contributed by atoms with Crippen LogP contribution in [0.15, 0.2) is 33.0 Å². The van der Waals surface area contributed by atoms with Gasteiger partial charge >= 0.3 is 0 Å². The van der Waals surface area contributed by atoms with Gasteiger partial charge in [-0.1, -0.05) is 60.1 Å². The van der Waals surface area contributed by atoms with Gasteiger partial charge in [-0.25, -0.2) is 0 Å². The van der Waals surface area contributed by atoms with Gasteiger partial charge < -0.3 is 9.73 Å². The summed E-state index contributed by atoms with van der Waals surface area (Å²) in [5.74, 6) is 1.75. The van der Waals surface area contributed by atoms with Crippen LogP contribution in [0.4, 0.5) is 5.13 Å². The van der Waals surface area contributed by atoms with E-state index in [0.717, 1.165) is 15.0 Å². The topological polar surface area (TPSA) is 76.7 Å². The molecule has 1 aromatic carbocycles. The third-order valence-corrected chi connectivity index (χ3v) is 6.40. The Hall–Kier alpha value is -1.93. The van der Waals surface area contributed by atoms with Gasteiger partial charge in [0, 0.05) is 11.6 Å². The number of nitrogens with zero attached hydrogens (tertiary/aromatic N) is 4. The molecule has 0 amide bonds. The first kappa shape index (κ1) is 17.5. The Morgan fingerprint density at radius 2 is 1.88 bits per heavy atom. The quantitative estimate of drug-likeness (QED) is 0.601. The SMILES string of the molecule is Cc1ccc(-c2nnc(CSc3nnc(NC4CCCCC4)s3)o2)cc1. The Balaban J connectivity index is 1.32. The molecule has 3 aromatic rings. The highest BCUT2D eigenvalue weighted by Crippen LogP contribution is 2.30. The zero-order chi connectivity index (χ0) is 17.8. The number of hydrogen-bond acceptors (Lipinski definition) is 8. The largest absolute Gasteiger partial charge is 0.420 e. The molecule has 0 bridgehead atoms. The maximum absolute atomic E-state index is 5.76. The molecule has 0 aliphatic heterocycles. The van der Waals surface area contributed by atoms with Gasteiger partial charge in [-0.3, -0.25) is 0 Å². The average molecular weight is 388 g/mol. The third-order valence-electron chi connectivity index (χ3n) is 4.42. The number of hydrogen-bond donors (Lipinski definition) is 1. The molecular weight excluding hydrogens is 366 g/mol. The molecule has 26 heavy (non-hydrogen) atoms. The van der Waals surface area contributed by atoms with Crippen LogP contribution in [0.2, 0.25) is 0 Å². The fourth-order valence-corrected chi connectivity index (χ4v) is 4.66. The summed E-state index contributed by atoms with van der Waals surface area (Å²) in [7, 11) is 0. The van der Waals surface area contributed by atoms with Crippen molar-refractivity contribution >= 4 is 28.2 Å². The first-order chi connectivity index (χ1) is 12.8. The fourth-order valence-electron chi connectivity index (χ4n) is 3.00. The second kappa shape index (κ2) is 8.18. The third kappa shape index (κ3) is 4.42. The summed E-state index contributed by atoms with van der Waals surface area (Å²) in [5.41, 5.74) is 2.15. The Kier molecular flexibility index (Phi) is 5.50. The van der Waals surface area contributed by atoms with Crippen molar-refractivity contribution in [2.45, 2.75) is 55.2 Å². The van der Waals surface area contributed by atoms with Crippen molar-refractivity contribution in [3.8, 4) is 11.5 Å². The molecule has 4 rings (SSSR count). The zero-order valence-electron chi connectivity index (χ0n) is 14.6. The average Bonchev–Trinajstić information content (AvgIpc) is 3.31. The first-order valence-corrected chi connectivity index (χ1v) is 10.7. The maximum atomic E-state index is 5.76. The van der Waals surface area contributed by atoms with Gasteiger partial charge in [0.2, 0.25) is 16.9 Å². The van der Waals surface area contributed by atoms with Crippen LogP contribution in [0.1, 0.15) is 43.6 Å². The molecule has 0 spiro atoms. The van der Waals surface area contributed by atoms with Crippen LogP contribution in [0.3, 0.4) is 0 Å². The Morgan fingerprint density at radius 1 is 1.08 bits per heavy atom. The minimum Gasteiger partial charge on any atom is -0.420 e. The molecule has 2 aromatic heterocycles. The van der Waals surface area contributed by atoms with Crippen molar-refractivity contribution in [2.75, 3.05) is 5.32 Å². The highest BCUT2D eigenvalue weighted by Gasteiger charge is 2.16. The van der Waals surface area contributed by atoms with Crippen LogP contribution in [0, 0.1) is 6.92 Å². The Labute approximate surface area is 160 Å². The second-order valence-electron chi connectivity index (χ2n) is 6.51. The monoisotopic (exact) mass is 387 g/mol. The zero-order valence-corrected chi connectivity index (χ0v) is 16.3. The summed E-state index contributed by atoms with van der Waals surface area (Å²) >= 11 is 3.17. The predicted molar refractivity (Wildman–Crippen MR) is 104 cm³/mol. The van der Waals surface area contributed by atoms with Crippen LogP contribution in [0.25, 0.3) is 11.5 Å². The summed E-state index contributed by atoms with van der Waals surface area (Å²) in [4.78, 5) is 0. The number of nitrogens with one attached hydrogen (secondary N) is 1. The summed E-state index contributed by atoms with van der Waals surface area (Å²) in [6.07, 6.45) is 6.42. The van der Waals surface area contributed by atoms with Crippen molar-refractivity contribution in [1.29, 1.82) is 0 Å². The van der Waals surface area contributed by atoms with Crippen LogP contribution >= 0.6 is 23.1 Å². The van der Waals surface area contributed by atoms with E-state index in [2.05, 4.69) is 32.6 Å². The van der Waals surface area contributed by atoms with Gasteiger partial charge in [-0.2, -0.15) is 0 Å². The van der Waals surface area contributed by atoms with Crippen LogP contribution < -0.4 is 5.32 Å². The molecule has 0 saturated heterocycles. The molecule has 1 fully saturated rings. The molecule has 2 heterocycles. The predicted octanol–water partition coefficient (Wildman–Crippen LogP) is 4.93. The van der Waals surface area contributed by atoms with E-state index in [1.807, 2.05) is 24.3 Å². The second-order valence-corrected chi connectivity index (χ2v) is 8.71. The molecule has 0 radical (unpaired) electrons. The number of aromatic nitrogens is 4. The Bertz CT molecular complexity index is 839. The van der Waals surface area contributed by atoms with Crippen molar-refractivity contribution in [1.82, 2.24) is 20.4 Å². The van der Waals surface area contributed by atoms with Crippen molar-refractivity contribution < 1.29 is 4.42 Å². The van der Waals surface area contributed by atoms with E-state index in [9.17, 15) is 0 Å². The van der Waals surface area contributed by atoms with Gasteiger partial charge in [-0.15, -0.1) is 20.4 Å². The van der Waals surface area contributed by atoms with Gasteiger partial charge in [0.25, 0.3) is 0 Å². The normalized spacial score (nSPS) is 15.3. The molecule has 6 nitrogen and oxygen atoms in total. The highest BCUT2D eigenvalue weighted by atomic mass is 32.2. The van der Waals surface area contributed by atoms with Gasteiger partial charge in [0.05, 0.1) is 5.75 Å². The van der Waals surface area contributed by atoms with E-state index in [-0.39, 0.29) is 0 Å². The van der Waals surface area contributed by atoms with Gasteiger partial charge in [-0.05, 0) is 31.9 Å². The smallest absolute Gasteiger partial charge is 0.247 e. The minimum atomic E-state index is 0.544. The molecule has 1 N–H and O–H groups in total. The minimum absolute atomic E-state index is 0.544. The van der Waals surface area contributed by atoms with E-state index >= 15 is 0 Å². The van der Waals surface area contributed by atoms with Crippen molar-refractivity contribution in [3.63, 3.8) is 0 Å². The van der Waals surface area contributed by atoms with Crippen LogP contribution in [0.5, 0.6) is 0 Å². The molecule has 0 unspecified atom stereocenters. The number of anilines is 1. The lowest BCUT2D eigenvalue weighted by molar-refractivity contribution is 0.462. The van der Waals surface area contributed by atoms with E-state index in [4.69, 9.17) is 4.42 Å². The maximum Gasteiger partial charge on any atom is 0.247 e. The van der Waals surface area contributed by atoms with Crippen molar-refractivity contribution in [2.24, 2.45) is 0 Å². The lowest BCUT2D eigenvalue weighted by atomic mass is 9.96. The number of aryl methyl sites for hydroxylation is 1. The van der Waals surface area contributed by atoms with E-state index in [1.165, 1.54) is 37.7 Å². The van der Waals surface area contributed by atoms with E-state index in [1.54, 1.807) is 23.1 Å². The van der Waals surface area contributed by atoms with Crippen LogP contribution in [-0.4, -0.2) is 26.4 Å². The summed E-state index contributed by atoms with van der Waals surface area (Å²) in [6.45, 7) is 2.05. The lowest BCUT2D eigenvalue weighted by Gasteiger charge is -2.21. The molecule has 1 aliphatic rings. The summed E-state index contributed by atoms with van der Waals surface area (Å²) < 4.78 is 6.67. The standard InChI is InChI=1S/C18H21N5OS2/c1-12-7-9-13(10-8-12)16-21-20-15(24-16)11-25-18-23-22-17(26-18)19-14-5-3-2-4-6-14/h7-10,14H,2-6,11H2,1H3,(H,19,22). The fraction of sp³-hybridized carbons (Fsp3) is 0.444. The van der Waals surface area contributed by atoms with Gasteiger partial charge in [0.15, 0.2) is 4.34 Å². The summed E-state index contributed by atoms with van der Waals surface area (Å²) in [5, 5.41) is 21.2. The molecule has 1 aliphatic carbocycles. The van der Waals surface area contributed by atoms with E-state index < -0.39 is 0 Å². The van der Waals surface area contributed by atoms with Crippen LogP contribution in [-0.2, 0) is 5.75 Å². The lowest BCUT2D eigenvalue weighted by Crippen LogP contribution is -2.21. The van der Waals surface area contributed by atoms with Gasteiger partial charge in [0.1, 0.15) is 0 Å². The molecule has 136 valence electrons. The Morgan fingerprint density at radius 3 is 2.69 bits per heavy atom. The molecule has 1 saturated carbocycles. The molecule has 0 atom stereocenters. The highest BCUT2D eigenvalue weighted by molar-refractivity contribution is 8.00. The number of benzene rings is 1. The molecule has 8 heteroatoms. The van der Waals surface area contributed by atoms with Crippen molar-refractivity contribution in [3.05, 3.63) is 35.7 Å².